The van der Waals surface area contributed by atoms with Crippen LogP contribution in [0.5, 0.6) is 11.5 Å². The summed E-state index contributed by atoms with van der Waals surface area (Å²) in [6, 6.07) is 24.1. The Morgan fingerprint density at radius 1 is 0.903 bits per heavy atom. The number of nitrogens with one attached hydrogen (secondary N) is 1. The fourth-order valence-electron chi connectivity index (χ4n) is 3.33. The predicted molar refractivity (Wildman–Crippen MR) is 125 cm³/mol. The third-order valence-electron chi connectivity index (χ3n) is 4.91. The van der Waals surface area contributed by atoms with Crippen molar-refractivity contribution in [2.75, 3.05) is 4.90 Å². The lowest BCUT2D eigenvalue weighted by Crippen LogP contribution is -2.54. The largest absolute Gasteiger partial charge is 0.457 e. The molecule has 5 nitrogen and oxygen atoms in total. The molecule has 1 N–H and O–H groups in total. The number of rotatable bonds is 5. The number of hydrogen-bond donors (Lipinski definition) is 1. The van der Waals surface area contributed by atoms with Crippen molar-refractivity contribution in [3.63, 3.8) is 0 Å². The molecule has 1 aliphatic rings. The minimum Gasteiger partial charge on any atom is -0.457 e. The number of para-hydroxylation sites is 1. The van der Waals surface area contributed by atoms with E-state index in [9.17, 15) is 9.59 Å². The van der Waals surface area contributed by atoms with Crippen molar-refractivity contribution < 1.29 is 14.3 Å². The van der Waals surface area contributed by atoms with Crippen LogP contribution < -0.4 is 15.0 Å². The van der Waals surface area contributed by atoms with Gasteiger partial charge in [0.05, 0.1) is 5.69 Å². The van der Waals surface area contributed by atoms with Crippen LogP contribution in [0.3, 0.4) is 0 Å². The molecule has 0 bridgehead atoms. The zero-order valence-corrected chi connectivity index (χ0v) is 17.7. The van der Waals surface area contributed by atoms with Crippen molar-refractivity contribution >= 4 is 40.9 Å². The highest BCUT2D eigenvalue weighted by molar-refractivity contribution is 7.80. The summed E-state index contributed by atoms with van der Waals surface area (Å²) in [5.41, 5.74) is 2.48. The molecule has 31 heavy (non-hydrogen) atoms. The second-order valence-electron chi connectivity index (χ2n) is 6.92. The lowest BCUT2D eigenvalue weighted by atomic mass is 10.0. The first-order valence-electron chi connectivity index (χ1n) is 9.89. The van der Waals surface area contributed by atoms with Gasteiger partial charge in [-0.05, 0) is 72.2 Å². The van der Waals surface area contributed by atoms with Gasteiger partial charge >= 0.3 is 0 Å². The van der Waals surface area contributed by atoms with Crippen LogP contribution >= 0.6 is 12.2 Å². The Balaban J connectivity index is 1.62. The van der Waals surface area contributed by atoms with E-state index in [2.05, 4.69) is 5.32 Å². The average molecular weight is 429 g/mol. The molecule has 2 amide bonds. The SMILES string of the molecule is CCc1ccccc1/C=C1\C(=O)NC(=S)N(c2ccc(Oc3ccccc3)cc2)C1=O. The topological polar surface area (TPSA) is 58.6 Å². The molecule has 0 aliphatic carbocycles. The molecule has 1 fully saturated rings. The van der Waals surface area contributed by atoms with Crippen LogP contribution in [0.25, 0.3) is 6.08 Å². The number of hydrogen-bond acceptors (Lipinski definition) is 4. The van der Waals surface area contributed by atoms with E-state index < -0.39 is 11.8 Å². The van der Waals surface area contributed by atoms with Gasteiger partial charge < -0.3 is 4.74 Å². The van der Waals surface area contributed by atoms with E-state index in [4.69, 9.17) is 17.0 Å². The van der Waals surface area contributed by atoms with E-state index in [0.717, 1.165) is 17.5 Å². The third-order valence-corrected chi connectivity index (χ3v) is 5.20. The molecule has 4 rings (SSSR count). The van der Waals surface area contributed by atoms with E-state index in [0.29, 0.717) is 17.2 Å². The highest BCUT2D eigenvalue weighted by Crippen LogP contribution is 2.27. The van der Waals surface area contributed by atoms with Crippen molar-refractivity contribution in [2.24, 2.45) is 0 Å². The van der Waals surface area contributed by atoms with E-state index in [1.165, 1.54) is 4.90 Å². The first kappa shape index (κ1) is 20.5. The molecule has 3 aromatic rings. The predicted octanol–water partition coefficient (Wildman–Crippen LogP) is 4.87. The van der Waals surface area contributed by atoms with Gasteiger partial charge in [0, 0.05) is 0 Å². The van der Waals surface area contributed by atoms with Crippen molar-refractivity contribution in [3.8, 4) is 11.5 Å². The Hall–Kier alpha value is -3.77. The zero-order chi connectivity index (χ0) is 21.8. The van der Waals surface area contributed by atoms with Gasteiger partial charge in [-0.2, -0.15) is 0 Å². The number of ether oxygens (including phenoxy) is 1. The molecule has 154 valence electrons. The Morgan fingerprint density at radius 2 is 1.55 bits per heavy atom. The summed E-state index contributed by atoms with van der Waals surface area (Å²) in [6.07, 6.45) is 2.42. The second-order valence-corrected chi connectivity index (χ2v) is 7.31. The standard InChI is InChI=1S/C25H20N2O3S/c1-2-17-8-6-7-9-18(17)16-22-23(28)26-25(31)27(24(22)29)19-12-14-21(15-13-19)30-20-10-4-3-5-11-20/h3-16H,2H2,1H3,(H,26,28,31)/b22-16+. The average Bonchev–Trinajstić information content (AvgIpc) is 2.78. The van der Waals surface area contributed by atoms with E-state index in [1.807, 2.05) is 61.5 Å². The lowest BCUT2D eigenvalue weighted by molar-refractivity contribution is -0.122. The smallest absolute Gasteiger partial charge is 0.270 e. The van der Waals surface area contributed by atoms with Gasteiger partial charge in [0.25, 0.3) is 11.8 Å². The third kappa shape index (κ3) is 4.39. The van der Waals surface area contributed by atoms with Crippen LogP contribution in [0, 0.1) is 0 Å². The number of benzene rings is 3. The van der Waals surface area contributed by atoms with E-state index >= 15 is 0 Å². The zero-order valence-electron chi connectivity index (χ0n) is 16.9. The number of thiocarbonyl (C=S) groups is 1. The molecule has 1 saturated heterocycles. The van der Waals surface area contributed by atoms with Crippen LogP contribution in [-0.4, -0.2) is 16.9 Å². The van der Waals surface area contributed by atoms with Crippen LogP contribution in [0.1, 0.15) is 18.1 Å². The molecule has 6 heteroatoms. The maximum Gasteiger partial charge on any atom is 0.270 e. The van der Waals surface area contributed by atoms with Gasteiger partial charge in [0.15, 0.2) is 5.11 Å². The number of nitrogens with zero attached hydrogens (tertiary/aromatic N) is 1. The van der Waals surface area contributed by atoms with E-state index in [1.54, 1.807) is 30.3 Å². The van der Waals surface area contributed by atoms with Crippen molar-refractivity contribution in [2.45, 2.75) is 13.3 Å². The van der Waals surface area contributed by atoms with Crippen molar-refractivity contribution in [1.82, 2.24) is 5.32 Å². The Kier molecular flexibility index (Phi) is 5.91. The summed E-state index contributed by atoms with van der Waals surface area (Å²) in [7, 11) is 0. The van der Waals surface area contributed by atoms with Crippen LogP contribution in [-0.2, 0) is 16.0 Å². The maximum absolute atomic E-state index is 13.2. The summed E-state index contributed by atoms with van der Waals surface area (Å²) in [5, 5.41) is 2.67. The van der Waals surface area contributed by atoms with Crippen LogP contribution in [0.4, 0.5) is 5.69 Å². The normalized spacial score (nSPS) is 15.2. The Labute approximate surface area is 186 Å². The number of anilines is 1. The first-order valence-corrected chi connectivity index (χ1v) is 10.3. The summed E-state index contributed by atoms with van der Waals surface area (Å²) >= 11 is 5.28. The van der Waals surface area contributed by atoms with Crippen molar-refractivity contribution in [1.29, 1.82) is 0 Å². The van der Waals surface area contributed by atoms with Crippen LogP contribution in [0.15, 0.2) is 84.4 Å². The monoisotopic (exact) mass is 428 g/mol. The van der Waals surface area contributed by atoms with E-state index in [-0.39, 0.29) is 10.7 Å². The lowest BCUT2D eigenvalue weighted by Gasteiger charge is -2.29. The van der Waals surface area contributed by atoms with Crippen molar-refractivity contribution in [3.05, 3.63) is 95.6 Å². The van der Waals surface area contributed by atoms with Gasteiger partial charge in [-0.15, -0.1) is 0 Å². The number of carbonyl (C=O) groups is 2. The molecule has 1 heterocycles. The quantitative estimate of drug-likeness (QED) is 0.358. The molecule has 3 aromatic carbocycles. The summed E-state index contributed by atoms with van der Waals surface area (Å²) in [5.74, 6) is 0.381. The highest BCUT2D eigenvalue weighted by atomic mass is 32.1. The first-order chi connectivity index (χ1) is 15.1. The molecule has 0 radical (unpaired) electrons. The highest BCUT2D eigenvalue weighted by Gasteiger charge is 2.34. The summed E-state index contributed by atoms with van der Waals surface area (Å²) in [4.78, 5) is 27.0. The Bertz CT molecular complexity index is 1170. The van der Waals surface area contributed by atoms with Gasteiger partial charge in [0.1, 0.15) is 17.1 Å². The fraction of sp³-hybridized carbons (Fsp3) is 0.0800. The van der Waals surface area contributed by atoms with Gasteiger partial charge in [-0.1, -0.05) is 49.4 Å². The summed E-state index contributed by atoms with van der Waals surface area (Å²) in [6.45, 7) is 2.03. The maximum atomic E-state index is 13.2. The molecule has 0 atom stereocenters. The minimum absolute atomic E-state index is 0.0408. The second kappa shape index (κ2) is 8.93. The minimum atomic E-state index is -0.499. The number of amides is 2. The molecule has 1 aliphatic heterocycles. The molecule has 0 saturated carbocycles. The van der Waals surface area contributed by atoms with Gasteiger partial charge in [-0.3, -0.25) is 19.8 Å². The number of carbonyl (C=O) groups excluding carboxylic acids is 2. The van der Waals surface area contributed by atoms with Gasteiger partial charge in [0.2, 0.25) is 0 Å². The molecular weight excluding hydrogens is 408 g/mol. The molecular formula is C25H20N2O3S. The Morgan fingerprint density at radius 3 is 2.26 bits per heavy atom. The molecule has 0 spiro atoms. The van der Waals surface area contributed by atoms with Gasteiger partial charge in [-0.25, -0.2) is 0 Å². The molecule has 0 unspecified atom stereocenters. The molecule has 0 aromatic heterocycles. The van der Waals surface area contributed by atoms with Crippen LogP contribution in [0.2, 0.25) is 0 Å². The number of aryl methyl sites for hydroxylation is 1. The summed E-state index contributed by atoms with van der Waals surface area (Å²) < 4.78 is 5.80. The fourth-order valence-corrected chi connectivity index (χ4v) is 3.61.